The Morgan fingerprint density at radius 2 is 1.96 bits per heavy atom. The van der Waals surface area contributed by atoms with E-state index < -0.39 is 18.4 Å². The van der Waals surface area contributed by atoms with Crippen LogP contribution in [-0.2, 0) is 0 Å². The van der Waals surface area contributed by atoms with Gasteiger partial charge >= 0.3 is 18.1 Å². The zero-order valence-corrected chi connectivity index (χ0v) is 15.1. The molecule has 0 saturated carbocycles. The fraction of sp³-hybridized carbons (Fsp3) is 0.438. The molecule has 2 aromatic rings. The van der Waals surface area contributed by atoms with Gasteiger partial charge in [-0.25, -0.2) is 18.7 Å². The van der Waals surface area contributed by atoms with Gasteiger partial charge in [-0.05, 0) is 27.7 Å². The Bertz CT molecular complexity index is 865. The number of nitrogens with zero attached hydrogens (tertiary/aromatic N) is 6. The van der Waals surface area contributed by atoms with E-state index in [0.29, 0.717) is 4.90 Å². The Morgan fingerprint density at radius 3 is 2.50 bits per heavy atom. The third kappa shape index (κ3) is 3.17. The van der Waals surface area contributed by atoms with Crippen molar-refractivity contribution in [1.29, 1.82) is 0 Å². The topological polar surface area (TPSA) is 99.6 Å². The minimum atomic E-state index is -1.37. The molecule has 0 aliphatic carbocycles. The average Bonchev–Trinajstić information content (AvgIpc) is 3.23. The minimum Gasteiger partial charge on any atom is -0.464 e. The van der Waals surface area contributed by atoms with Crippen LogP contribution < -0.4 is 14.5 Å². The number of aromatic nitrogens is 4. The molecule has 0 fully saturated rings. The number of urea groups is 1. The molecular formula is C16H23N7O3+2. The first-order chi connectivity index (χ1) is 12.3. The Labute approximate surface area is 150 Å². The molecule has 138 valence electrons. The summed E-state index contributed by atoms with van der Waals surface area (Å²) in [5.41, 5.74) is 0. The van der Waals surface area contributed by atoms with Crippen LogP contribution in [0.15, 0.2) is 42.4 Å². The molecule has 3 amide bonds. The molecule has 3 heterocycles. The van der Waals surface area contributed by atoms with Crippen LogP contribution in [0.2, 0.25) is 0 Å². The van der Waals surface area contributed by atoms with Crippen LogP contribution >= 0.6 is 0 Å². The number of rotatable bonds is 3. The highest BCUT2D eigenvalue weighted by molar-refractivity contribution is 6.03. The molecule has 26 heavy (non-hydrogen) atoms. The van der Waals surface area contributed by atoms with Crippen LogP contribution in [-0.4, -0.2) is 37.2 Å². The molecule has 1 aliphatic rings. The number of carboxylic acid groups (broad SMARTS) is 1. The van der Waals surface area contributed by atoms with Gasteiger partial charge in [0, 0.05) is 0 Å². The minimum absolute atomic E-state index is 0.199. The van der Waals surface area contributed by atoms with Gasteiger partial charge in [0.2, 0.25) is 6.33 Å². The molecule has 2 N–H and O–H groups in total. The summed E-state index contributed by atoms with van der Waals surface area (Å²) in [6.07, 6.45) is 8.27. The molecule has 0 radical (unpaired) electrons. The van der Waals surface area contributed by atoms with E-state index in [9.17, 15) is 14.7 Å². The summed E-state index contributed by atoms with van der Waals surface area (Å²) in [4.78, 5) is 29.1. The van der Waals surface area contributed by atoms with Gasteiger partial charge in [-0.15, -0.1) is 0 Å². The van der Waals surface area contributed by atoms with E-state index >= 15 is 0 Å². The van der Waals surface area contributed by atoms with Crippen molar-refractivity contribution in [2.75, 3.05) is 0 Å². The molecule has 3 rings (SSSR count). The molecule has 2 aromatic heterocycles. The van der Waals surface area contributed by atoms with E-state index in [1.807, 2.05) is 49.2 Å². The number of carbonyl (C=O) groups is 2. The second-order valence-corrected chi connectivity index (χ2v) is 6.65. The van der Waals surface area contributed by atoms with E-state index in [0.717, 1.165) is 0 Å². The molecule has 0 spiro atoms. The maximum absolute atomic E-state index is 12.4. The average molecular weight is 361 g/mol. The quantitative estimate of drug-likeness (QED) is 0.801. The summed E-state index contributed by atoms with van der Waals surface area (Å²) < 4.78 is 7.11. The predicted octanol–water partition coefficient (Wildman–Crippen LogP) is 1.09. The zero-order chi connectivity index (χ0) is 19.0. The monoisotopic (exact) mass is 361 g/mol. The maximum atomic E-state index is 12.4. The van der Waals surface area contributed by atoms with Crippen molar-refractivity contribution in [1.82, 2.24) is 19.4 Å². The Hall–Kier alpha value is -3.17. The largest absolute Gasteiger partial charge is 0.464 e. The highest BCUT2D eigenvalue weighted by atomic mass is 16.4. The molecule has 0 aromatic carbocycles. The standard InChI is InChI=1S/C16H21N7O3/c1-11(2)19-5-7-21(9-19)13-17-14(23(16(25)26)15(24)18-13)22-8-6-20(10-22)12(3)4/h5-12,14H,1-4H3/p+2. The van der Waals surface area contributed by atoms with Crippen molar-refractivity contribution in [3.63, 3.8) is 0 Å². The molecule has 0 saturated heterocycles. The third-order valence-electron chi connectivity index (χ3n) is 4.15. The number of imide groups is 1. The van der Waals surface area contributed by atoms with E-state index in [-0.39, 0.29) is 18.0 Å². The summed E-state index contributed by atoms with van der Waals surface area (Å²) in [5, 5.41) is 12.0. The van der Waals surface area contributed by atoms with Crippen LogP contribution in [0.1, 0.15) is 46.1 Å². The van der Waals surface area contributed by atoms with Gasteiger partial charge < -0.3 is 5.11 Å². The fourth-order valence-corrected chi connectivity index (χ4v) is 2.60. The molecule has 10 heteroatoms. The van der Waals surface area contributed by atoms with Crippen molar-refractivity contribution in [2.24, 2.45) is 4.99 Å². The maximum Gasteiger partial charge on any atom is 0.420 e. The first kappa shape index (κ1) is 17.6. The Morgan fingerprint density at radius 1 is 1.23 bits per heavy atom. The van der Waals surface area contributed by atoms with E-state index in [1.165, 1.54) is 0 Å². The lowest BCUT2D eigenvalue weighted by Gasteiger charge is -2.25. The SMILES string of the molecule is CC(C)n1cc[n+](C2N=C(n3cc[n+](C(C)C)c3)NC(=O)N2C(=O)O)c1. The molecule has 1 unspecified atom stereocenters. The number of hydrogen-bond acceptors (Lipinski definition) is 3. The van der Waals surface area contributed by atoms with Gasteiger partial charge in [-0.3, -0.25) is 5.32 Å². The summed E-state index contributed by atoms with van der Waals surface area (Å²) in [6.45, 7) is 8.08. The van der Waals surface area contributed by atoms with Crippen molar-refractivity contribution >= 4 is 18.1 Å². The molecular weight excluding hydrogens is 338 g/mol. The van der Waals surface area contributed by atoms with Gasteiger partial charge in [-0.2, -0.15) is 19.0 Å². The highest BCUT2D eigenvalue weighted by Gasteiger charge is 2.40. The third-order valence-corrected chi connectivity index (χ3v) is 4.15. The number of hydrogen-bond donors (Lipinski definition) is 2. The number of nitrogens with one attached hydrogen (secondary N) is 1. The lowest BCUT2D eigenvalue weighted by atomic mass is 10.4. The smallest absolute Gasteiger partial charge is 0.420 e. The zero-order valence-electron chi connectivity index (χ0n) is 15.1. The lowest BCUT2D eigenvalue weighted by Crippen LogP contribution is -2.60. The normalized spacial score (nSPS) is 17.6. The summed E-state index contributed by atoms with van der Waals surface area (Å²) in [7, 11) is 0. The van der Waals surface area contributed by atoms with E-state index in [4.69, 9.17) is 0 Å². The first-order valence-corrected chi connectivity index (χ1v) is 8.36. The summed E-state index contributed by atoms with van der Waals surface area (Å²) in [5.74, 6) is 0.265. The summed E-state index contributed by atoms with van der Waals surface area (Å²) in [6, 6.07) is -0.302. The van der Waals surface area contributed by atoms with Gasteiger partial charge in [-0.1, -0.05) is 0 Å². The number of carbonyl (C=O) groups excluding carboxylic acids is 1. The van der Waals surface area contributed by atoms with E-state index in [1.54, 1.807) is 34.2 Å². The van der Waals surface area contributed by atoms with Crippen LogP contribution in [0.25, 0.3) is 0 Å². The van der Waals surface area contributed by atoms with Crippen molar-refractivity contribution in [3.8, 4) is 0 Å². The Balaban J connectivity index is 2.03. The van der Waals surface area contributed by atoms with Crippen molar-refractivity contribution in [3.05, 3.63) is 37.4 Å². The molecule has 1 aliphatic heterocycles. The van der Waals surface area contributed by atoms with Gasteiger partial charge in [0.05, 0.1) is 12.1 Å². The van der Waals surface area contributed by atoms with Gasteiger partial charge in [0.25, 0.3) is 12.6 Å². The van der Waals surface area contributed by atoms with Crippen molar-refractivity contribution in [2.45, 2.75) is 46.1 Å². The van der Waals surface area contributed by atoms with E-state index in [2.05, 4.69) is 10.3 Å². The van der Waals surface area contributed by atoms with Gasteiger partial charge in [0.15, 0.2) is 0 Å². The van der Waals surface area contributed by atoms with Crippen LogP contribution in [0.4, 0.5) is 9.59 Å². The predicted molar refractivity (Wildman–Crippen MR) is 90.3 cm³/mol. The number of aliphatic imine (C=N–C) groups is 1. The molecule has 1 atom stereocenters. The first-order valence-electron chi connectivity index (χ1n) is 8.36. The van der Waals surface area contributed by atoms with Crippen LogP contribution in [0.3, 0.4) is 0 Å². The van der Waals surface area contributed by atoms with Gasteiger partial charge in [0.1, 0.15) is 24.8 Å². The second kappa shape index (κ2) is 6.62. The Kier molecular flexibility index (Phi) is 4.49. The van der Waals surface area contributed by atoms with Crippen LogP contribution in [0, 0.1) is 0 Å². The second-order valence-electron chi connectivity index (χ2n) is 6.65. The highest BCUT2D eigenvalue weighted by Crippen LogP contribution is 2.15. The van der Waals surface area contributed by atoms with Crippen LogP contribution in [0.5, 0.6) is 0 Å². The number of imidazole rings is 2. The molecule has 10 nitrogen and oxygen atoms in total. The molecule has 0 bridgehead atoms. The van der Waals surface area contributed by atoms with Crippen molar-refractivity contribution < 1.29 is 23.8 Å². The lowest BCUT2D eigenvalue weighted by molar-refractivity contribution is -0.736. The number of amides is 3. The fourth-order valence-electron chi connectivity index (χ4n) is 2.60. The summed E-state index contributed by atoms with van der Waals surface area (Å²) >= 11 is 0.